The monoisotopic (exact) mass is 429 g/mol. The van der Waals surface area contributed by atoms with Gasteiger partial charge >= 0.3 is 6.09 Å². The number of nitrogens with zero attached hydrogens (tertiary/aromatic N) is 1. The zero-order valence-electron chi connectivity index (χ0n) is 18.8. The number of piperidine rings is 2. The molecule has 5 rings (SSSR count). The number of carbonyl (C=O) groups is 2. The summed E-state index contributed by atoms with van der Waals surface area (Å²) in [6.45, 7) is 6.15. The number of allylic oxidation sites excluding steroid dienone is 1. The van der Waals surface area contributed by atoms with E-state index in [1.807, 2.05) is 11.8 Å². The molecule has 2 aromatic carbocycles. The molecule has 2 aromatic rings. The Morgan fingerprint density at radius 1 is 0.969 bits per heavy atom. The van der Waals surface area contributed by atoms with Crippen LogP contribution in [-0.2, 0) is 9.53 Å². The van der Waals surface area contributed by atoms with Gasteiger partial charge in [-0.25, -0.2) is 4.79 Å². The fraction of sp³-hybridized carbons (Fsp3) is 0.429. The number of hydrogen-bond donors (Lipinski definition) is 0. The molecular weight excluding hydrogens is 398 g/mol. The van der Waals surface area contributed by atoms with Crippen molar-refractivity contribution in [1.29, 1.82) is 0 Å². The number of rotatable bonds is 5. The Hall–Kier alpha value is -2.88. The van der Waals surface area contributed by atoms with E-state index in [9.17, 15) is 9.59 Å². The highest BCUT2D eigenvalue weighted by Gasteiger charge is 2.43. The van der Waals surface area contributed by atoms with E-state index in [4.69, 9.17) is 4.74 Å². The van der Waals surface area contributed by atoms with Crippen LogP contribution in [0.25, 0.3) is 11.1 Å². The van der Waals surface area contributed by atoms with Gasteiger partial charge in [0, 0.05) is 30.3 Å². The fourth-order valence-corrected chi connectivity index (χ4v) is 6.05. The van der Waals surface area contributed by atoms with Crippen molar-refractivity contribution in [2.24, 2.45) is 5.92 Å². The molecule has 0 saturated carbocycles. The summed E-state index contributed by atoms with van der Waals surface area (Å²) in [6, 6.07) is 17.0. The van der Waals surface area contributed by atoms with Crippen LogP contribution in [0.15, 0.2) is 60.7 Å². The molecule has 2 bridgehead atoms. The van der Waals surface area contributed by atoms with Gasteiger partial charge in [0.15, 0.2) is 0 Å². The third kappa shape index (κ3) is 3.76. The molecular formula is C28H31NO3. The Bertz CT molecular complexity index is 999. The van der Waals surface area contributed by atoms with Gasteiger partial charge in [-0.05, 0) is 61.3 Å². The Morgan fingerprint density at radius 2 is 1.53 bits per heavy atom. The first-order valence-corrected chi connectivity index (χ1v) is 11.8. The number of hydrogen-bond acceptors (Lipinski definition) is 3. The SMILES string of the molecule is C=C(C)CC(=O)C1CC2CCCC(C1)N2C(=O)OCC1c2ccccc2-c2ccccc21. The Balaban J connectivity index is 1.29. The lowest BCUT2D eigenvalue weighted by Gasteiger charge is -2.47. The molecule has 1 amide bonds. The maximum Gasteiger partial charge on any atom is 0.410 e. The highest BCUT2D eigenvalue weighted by molar-refractivity contribution is 5.83. The van der Waals surface area contributed by atoms with Gasteiger partial charge in [-0.15, -0.1) is 0 Å². The summed E-state index contributed by atoms with van der Waals surface area (Å²) in [6.07, 6.45) is 4.78. The Kier molecular flexibility index (Phi) is 5.62. The molecule has 0 radical (unpaired) electrons. The molecule has 2 heterocycles. The van der Waals surface area contributed by atoms with Gasteiger partial charge in [-0.2, -0.15) is 0 Å². The van der Waals surface area contributed by atoms with Crippen LogP contribution < -0.4 is 0 Å². The third-order valence-electron chi connectivity index (χ3n) is 7.45. The zero-order valence-corrected chi connectivity index (χ0v) is 18.8. The molecule has 2 aliphatic heterocycles. The van der Waals surface area contributed by atoms with Crippen LogP contribution in [0.1, 0.15) is 62.5 Å². The molecule has 2 atom stereocenters. The topological polar surface area (TPSA) is 46.6 Å². The van der Waals surface area contributed by atoms with Gasteiger partial charge in [0.2, 0.25) is 0 Å². The number of ketones is 1. The lowest BCUT2D eigenvalue weighted by molar-refractivity contribution is -0.126. The first kappa shape index (κ1) is 21.0. The van der Waals surface area contributed by atoms with Crippen LogP contribution >= 0.6 is 0 Å². The first-order chi connectivity index (χ1) is 15.5. The summed E-state index contributed by atoms with van der Waals surface area (Å²) < 4.78 is 5.96. The van der Waals surface area contributed by atoms with Gasteiger partial charge in [-0.3, -0.25) is 4.79 Å². The number of fused-ring (bicyclic) bond motifs is 5. The smallest absolute Gasteiger partial charge is 0.410 e. The minimum atomic E-state index is -0.215. The molecule has 2 fully saturated rings. The van der Waals surface area contributed by atoms with E-state index in [2.05, 4.69) is 55.1 Å². The number of Topliss-reactive ketones (excluding diaryl/α,β-unsaturated/α-hetero) is 1. The van der Waals surface area contributed by atoms with Crippen LogP contribution in [0.2, 0.25) is 0 Å². The van der Waals surface area contributed by atoms with Gasteiger partial charge in [0.1, 0.15) is 12.4 Å². The second-order valence-electron chi connectivity index (χ2n) is 9.72. The molecule has 4 heteroatoms. The van der Waals surface area contributed by atoms with Crippen LogP contribution in [-0.4, -0.2) is 35.5 Å². The lowest BCUT2D eigenvalue weighted by atomic mass is 9.76. The molecule has 2 saturated heterocycles. The maximum atomic E-state index is 13.3. The zero-order chi connectivity index (χ0) is 22.2. The molecule has 1 aliphatic carbocycles. The summed E-state index contributed by atoms with van der Waals surface area (Å²) in [5.74, 6) is 0.391. The predicted molar refractivity (Wildman–Crippen MR) is 125 cm³/mol. The molecule has 3 aliphatic rings. The number of amides is 1. The number of ether oxygens (including phenoxy) is 1. The van der Waals surface area contributed by atoms with Gasteiger partial charge in [0.05, 0.1) is 0 Å². The van der Waals surface area contributed by atoms with Gasteiger partial charge < -0.3 is 9.64 Å². The van der Waals surface area contributed by atoms with E-state index < -0.39 is 0 Å². The van der Waals surface area contributed by atoms with Gasteiger partial charge in [0.25, 0.3) is 0 Å². The molecule has 32 heavy (non-hydrogen) atoms. The largest absolute Gasteiger partial charge is 0.448 e. The van der Waals surface area contributed by atoms with Crippen molar-refractivity contribution in [3.63, 3.8) is 0 Å². The van der Waals surface area contributed by atoms with Crippen LogP contribution in [0.5, 0.6) is 0 Å². The van der Waals surface area contributed by atoms with E-state index in [1.54, 1.807) is 0 Å². The van der Waals surface area contributed by atoms with Crippen LogP contribution in [0, 0.1) is 5.92 Å². The Labute approximate surface area is 190 Å². The van der Waals surface area contributed by atoms with E-state index in [0.29, 0.717) is 13.0 Å². The van der Waals surface area contributed by atoms with E-state index in [0.717, 1.165) is 37.7 Å². The van der Waals surface area contributed by atoms with Crippen molar-refractivity contribution in [3.05, 3.63) is 71.8 Å². The van der Waals surface area contributed by atoms with Crippen LogP contribution in [0.4, 0.5) is 4.79 Å². The summed E-state index contributed by atoms with van der Waals surface area (Å²) >= 11 is 0. The van der Waals surface area contributed by atoms with Gasteiger partial charge in [-0.1, -0.05) is 60.7 Å². The maximum absolute atomic E-state index is 13.3. The van der Waals surface area contributed by atoms with Crippen molar-refractivity contribution in [2.75, 3.05) is 6.61 Å². The first-order valence-electron chi connectivity index (χ1n) is 11.8. The third-order valence-corrected chi connectivity index (χ3v) is 7.45. The minimum Gasteiger partial charge on any atom is -0.448 e. The second kappa shape index (κ2) is 8.57. The van der Waals surface area contributed by atoms with Crippen molar-refractivity contribution >= 4 is 11.9 Å². The quantitative estimate of drug-likeness (QED) is 0.539. The van der Waals surface area contributed by atoms with Crippen LogP contribution in [0.3, 0.4) is 0 Å². The van der Waals surface area contributed by atoms with Crippen molar-refractivity contribution in [1.82, 2.24) is 4.90 Å². The second-order valence-corrected chi connectivity index (χ2v) is 9.72. The molecule has 4 nitrogen and oxygen atoms in total. The summed E-state index contributed by atoms with van der Waals surface area (Å²) in [5.41, 5.74) is 5.84. The molecule has 0 aromatic heterocycles. The lowest BCUT2D eigenvalue weighted by Crippen LogP contribution is -2.55. The normalized spacial score (nSPS) is 23.9. The number of benzene rings is 2. The summed E-state index contributed by atoms with van der Waals surface area (Å²) in [5, 5.41) is 0. The van der Waals surface area contributed by atoms with E-state index >= 15 is 0 Å². The standard InChI is InChI=1S/C28H31NO3/c1-18(2)14-27(30)19-15-20-8-7-9-21(16-19)29(20)28(31)32-17-26-24-12-5-3-10-22(24)23-11-4-6-13-25(23)26/h3-6,10-13,19-21,26H,1,7-9,14-17H2,2H3. The van der Waals surface area contributed by atoms with Crippen molar-refractivity contribution < 1.29 is 14.3 Å². The van der Waals surface area contributed by atoms with Crippen molar-refractivity contribution in [2.45, 2.75) is 63.5 Å². The molecule has 0 spiro atoms. The highest BCUT2D eigenvalue weighted by Crippen LogP contribution is 2.45. The van der Waals surface area contributed by atoms with Crippen molar-refractivity contribution in [3.8, 4) is 11.1 Å². The van der Waals surface area contributed by atoms with E-state index in [-0.39, 0.29) is 35.8 Å². The average molecular weight is 430 g/mol. The molecule has 2 unspecified atom stereocenters. The summed E-state index contributed by atoms with van der Waals surface area (Å²) in [7, 11) is 0. The van der Waals surface area contributed by atoms with E-state index in [1.165, 1.54) is 22.3 Å². The molecule has 0 N–H and O–H groups in total. The Morgan fingerprint density at radius 3 is 2.09 bits per heavy atom. The fourth-order valence-electron chi connectivity index (χ4n) is 6.05. The highest BCUT2D eigenvalue weighted by atomic mass is 16.6. The average Bonchev–Trinajstić information content (AvgIpc) is 3.10. The minimum absolute atomic E-state index is 0.0413. The number of carbonyl (C=O) groups excluding carboxylic acids is 2. The molecule has 166 valence electrons. The predicted octanol–water partition coefficient (Wildman–Crippen LogP) is 6.10. The summed E-state index contributed by atoms with van der Waals surface area (Å²) in [4.78, 5) is 27.9.